The van der Waals surface area contributed by atoms with Crippen molar-refractivity contribution in [2.24, 2.45) is 0 Å². The van der Waals surface area contributed by atoms with Crippen LogP contribution in [0.5, 0.6) is 5.75 Å². The number of benzene rings is 1. The van der Waals surface area contributed by atoms with Crippen molar-refractivity contribution in [3.05, 3.63) is 29.3 Å². The van der Waals surface area contributed by atoms with Gasteiger partial charge in [-0.05, 0) is 26.0 Å². The second-order valence-electron chi connectivity index (χ2n) is 4.47. The van der Waals surface area contributed by atoms with E-state index < -0.39 is 23.8 Å². The first-order chi connectivity index (χ1) is 8.91. The first kappa shape index (κ1) is 13.1. The molecule has 1 aromatic rings. The quantitative estimate of drug-likeness (QED) is 0.707. The fourth-order valence-electron chi connectivity index (χ4n) is 1.97. The van der Waals surface area contributed by atoms with Gasteiger partial charge in [0.05, 0.1) is 0 Å². The summed E-state index contributed by atoms with van der Waals surface area (Å²) in [4.78, 5) is 36.4. The van der Waals surface area contributed by atoms with E-state index in [-0.39, 0.29) is 17.9 Å². The van der Waals surface area contributed by atoms with E-state index in [1.165, 1.54) is 11.0 Å². The topological polar surface area (TPSA) is 86.7 Å². The number of nitrogens with zero attached hydrogens (tertiary/aromatic N) is 1. The maximum absolute atomic E-state index is 12.4. The molecule has 19 heavy (non-hydrogen) atoms. The number of rotatable bonds is 1. The lowest BCUT2D eigenvalue weighted by Crippen LogP contribution is -2.58. The standard InChI is InChI=1S/C13H14N2O4/c1-7-9(4-3-5-10(7)16)13(19)15-6-11(17)14-12(18)8(15)2/h3-5,8,16H,6H2,1-2H3,(H,14,17,18). The van der Waals surface area contributed by atoms with Crippen molar-refractivity contribution in [3.63, 3.8) is 0 Å². The van der Waals surface area contributed by atoms with Gasteiger partial charge in [0.15, 0.2) is 0 Å². The molecule has 1 saturated heterocycles. The predicted molar refractivity (Wildman–Crippen MR) is 66.5 cm³/mol. The van der Waals surface area contributed by atoms with Crippen LogP contribution in [0.3, 0.4) is 0 Å². The highest BCUT2D eigenvalue weighted by atomic mass is 16.3. The van der Waals surface area contributed by atoms with E-state index in [0.29, 0.717) is 5.56 Å². The molecule has 0 spiro atoms. The van der Waals surface area contributed by atoms with Crippen LogP contribution in [-0.4, -0.2) is 40.3 Å². The lowest BCUT2D eigenvalue weighted by molar-refractivity contribution is -0.138. The molecular weight excluding hydrogens is 248 g/mol. The number of phenols is 1. The van der Waals surface area contributed by atoms with Crippen molar-refractivity contribution >= 4 is 17.7 Å². The van der Waals surface area contributed by atoms with Gasteiger partial charge in [-0.2, -0.15) is 0 Å². The van der Waals surface area contributed by atoms with E-state index in [9.17, 15) is 19.5 Å². The molecule has 6 nitrogen and oxygen atoms in total. The van der Waals surface area contributed by atoms with Gasteiger partial charge in [-0.3, -0.25) is 19.7 Å². The van der Waals surface area contributed by atoms with Gasteiger partial charge in [-0.1, -0.05) is 6.07 Å². The third-order valence-corrected chi connectivity index (χ3v) is 3.22. The molecule has 0 radical (unpaired) electrons. The Hall–Kier alpha value is -2.37. The third-order valence-electron chi connectivity index (χ3n) is 3.22. The average Bonchev–Trinajstić information content (AvgIpc) is 2.36. The van der Waals surface area contributed by atoms with E-state index in [1.54, 1.807) is 26.0 Å². The Labute approximate surface area is 110 Å². The highest BCUT2D eigenvalue weighted by Crippen LogP contribution is 2.22. The number of hydrogen-bond acceptors (Lipinski definition) is 4. The molecule has 1 atom stereocenters. The molecule has 6 heteroatoms. The molecule has 100 valence electrons. The Bertz CT molecular complexity index is 568. The number of carbonyl (C=O) groups excluding carboxylic acids is 3. The summed E-state index contributed by atoms with van der Waals surface area (Å²) in [6, 6.07) is 3.86. The van der Waals surface area contributed by atoms with Gasteiger partial charge in [-0.25, -0.2) is 0 Å². The second-order valence-corrected chi connectivity index (χ2v) is 4.47. The molecule has 1 aliphatic rings. The molecule has 1 unspecified atom stereocenters. The van der Waals surface area contributed by atoms with Crippen LogP contribution in [0.4, 0.5) is 0 Å². The van der Waals surface area contributed by atoms with Crippen LogP contribution in [0, 0.1) is 6.92 Å². The van der Waals surface area contributed by atoms with Crippen molar-refractivity contribution in [3.8, 4) is 5.75 Å². The normalized spacial score (nSPS) is 19.3. The van der Waals surface area contributed by atoms with Crippen molar-refractivity contribution in [1.29, 1.82) is 0 Å². The van der Waals surface area contributed by atoms with Gasteiger partial charge in [0.25, 0.3) is 5.91 Å². The number of hydrogen-bond donors (Lipinski definition) is 2. The van der Waals surface area contributed by atoms with Crippen LogP contribution >= 0.6 is 0 Å². The molecule has 2 N–H and O–H groups in total. The Kier molecular flexibility index (Phi) is 3.25. The van der Waals surface area contributed by atoms with E-state index >= 15 is 0 Å². The summed E-state index contributed by atoms with van der Waals surface area (Å²) in [6.45, 7) is 3.00. The minimum Gasteiger partial charge on any atom is -0.508 e. The summed E-state index contributed by atoms with van der Waals surface area (Å²) >= 11 is 0. The maximum Gasteiger partial charge on any atom is 0.255 e. The van der Waals surface area contributed by atoms with E-state index in [2.05, 4.69) is 5.32 Å². The molecular formula is C13H14N2O4. The molecule has 0 aromatic heterocycles. The van der Waals surface area contributed by atoms with Gasteiger partial charge in [0.2, 0.25) is 11.8 Å². The molecule has 1 aromatic carbocycles. The van der Waals surface area contributed by atoms with Crippen LogP contribution in [0.15, 0.2) is 18.2 Å². The molecule has 3 amide bonds. The fourth-order valence-corrected chi connectivity index (χ4v) is 1.97. The molecule has 0 saturated carbocycles. The summed E-state index contributed by atoms with van der Waals surface area (Å²) in [6.07, 6.45) is 0. The number of piperazine rings is 1. The van der Waals surface area contributed by atoms with Gasteiger partial charge < -0.3 is 10.0 Å². The molecule has 0 aliphatic carbocycles. The van der Waals surface area contributed by atoms with Crippen molar-refractivity contribution in [1.82, 2.24) is 10.2 Å². The van der Waals surface area contributed by atoms with Crippen LogP contribution in [0.1, 0.15) is 22.8 Å². The average molecular weight is 262 g/mol. The number of carbonyl (C=O) groups is 3. The van der Waals surface area contributed by atoms with Crippen LogP contribution in [-0.2, 0) is 9.59 Å². The first-order valence-corrected chi connectivity index (χ1v) is 5.85. The van der Waals surface area contributed by atoms with Crippen molar-refractivity contribution in [2.45, 2.75) is 19.9 Å². The van der Waals surface area contributed by atoms with Crippen LogP contribution in [0.2, 0.25) is 0 Å². The summed E-state index contributed by atoms with van der Waals surface area (Å²) < 4.78 is 0. The summed E-state index contributed by atoms with van der Waals surface area (Å²) in [7, 11) is 0. The zero-order valence-electron chi connectivity index (χ0n) is 10.6. The Balaban J connectivity index is 2.35. The van der Waals surface area contributed by atoms with Crippen molar-refractivity contribution < 1.29 is 19.5 Å². The monoisotopic (exact) mass is 262 g/mol. The SMILES string of the molecule is Cc1c(O)cccc1C(=O)N1CC(=O)NC(=O)C1C. The lowest BCUT2D eigenvalue weighted by atomic mass is 10.0. The summed E-state index contributed by atoms with van der Waals surface area (Å²) in [5.41, 5.74) is 0.715. The minimum absolute atomic E-state index is 0.00582. The Morgan fingerprint density at radius 1 is 1.42 bits per heavy atom. The smallest absolute Gasteiger partial charge is 0.255 e. The number of aromatic hydroxyl groups is 1. The van der Waals surface area contributed by atoms with Gasteiger partial charge >= 0.3 is 0 Å². The second kappa shape index (κ2) is 4.72. The highest BCUT2D eigenvalue weighted by Gasteiger charge is 2.34. The van der Waals surface area contributed by atoms with Gasteiger partial charge in [0.1, 0.15) is 18.3 Å². The predicted octanol–water partition coefficient (Wildman–Crippen LogP) is 0.188. The van der Waals surface area contributed by atoms with Gasteiger partial charge in [0, 0.05) is 11.1 Å². The summed E-state index contributed by atoms with van der Waals surface area (Å²) in [5, 5.41) is 11.8. The number of phenolic OH excluding ortho intramolecular Hbond substituents is 1. The molecule has 1 heterocycles. The largest absolute Gasteiger partial charge is 0.508 e. The number of amides is 3. The van der Waals surface area contributed by atoms with E-state index in [4.69, 9.17) is 0 Å². The minimum atomic E-state index is -0.716. The zero-order chi connectivity index (χ0) is 14.2. The van der Waals surface area contributed by atoms with E-state index in [0.717, 1.165) is 0 Å². The van der Waals surface area contributed by atoms with Crippen LogP contribution < -0.4 is 5.32 Å². The third kappa shape index (κ3) is 2.29. The molecule has 0 bridgehead atoms. The highest BCUT2D eigenvalue weighted by molar-refractivity contribution is 6.07. The van der Waals surface area contributed by atoms with Crippen molar-refractivity contribution in [2.75, 3.05) is 6.54 Å². The lowest BCUT2D eigenvalue weighted by Gasteiger charge is -2.32. The fraction of sp³-hybridized carbons (Fsp3) is 0.308. The Morgan fingerprint density at radius 2 is 2.11 bits per heavy atom. The van der Waals surface area contributed by atoms with Gasteiger partial charge in [-0.15, -0.1) is 0 Å². The molecule has 1 fully saturated rings. The molecule has 1 aliphatic heterocycles. The first-order valence-electron chi connectivity index (χ1n) is 5.85. The van der Waals surface area contributed by atoms with E-state index in [1.807, 2.05) is 0 Å². The number of imide groups is 1. The molecule has 2 rings (SSSR count). The number of nitrogens with one attached hydrogen (secondary N) is 1. The zero-order valence-corrected chi connectivity index (χ0v) is 10.6. The van der Waals surface area contributed by atoms with Crippen LogP contribution in [0.25, 0.3) is 0 Å². The Morgan fingerprint density at radius 3 is 2.79 bits per heavy atom. The maximum atomic E-state index is 12.4. The summed E-state index contributed by atoms with van der Waals surface area (Å²) in [5.74, 6) is -1.44.